The Kier molecular flexibility index (Phi) is 7.23. The maximum absolute atomic E-state index is 12.2. The molecule has 2 amide bonds. The van der Waals surface area contributed by atoms with Gasteiger partial charge in [-0.15, -0.1) is 0 Å². The van der Waals surface area contributed by atoms with Gasteiger partial charge in [-0.25, -0.2) is 9.59 Å². The first-order chi connectivity index (χ1) is 14.2. The number of ether oxygens (including phenoxy) is 1. The monoisotopic (exact) mass is 417 g/mol. The van der Waals surface area contributed by atoms with Crippen LogP contribution in [0.1, 0.15) is 52.0 Å². The number of piperazine rings is 1. The number of carboxylic acid groups (broad SMARTS) is 1. The molecule has 1 unspecified atom stereocenters. The molecule has 2 N–H and O–H groups in total. The van der Waals surface area contributed by atoms with E-state index in [0.29, 0.717) is 12.6 Å². The quantitative estimate of drug-likeness (QED) is 0.780. The number of alkyl carbamates (subject to hydrolysis) is 1. The van der Waals surface area contributed by atoms with Crippen molar-refractivity contribution in [3.8, 4) is 0 Å². The van der Waals surface area contributed by atoms with E-state index in [4.69, 9.17) is 4.74 Å². The molecule has 2 aliphatic rings. The Balaban J connectivity index is 1.60. The Bertz CT molecular complexity index is 719. The largest absolute Gasteiger partial charge is 0.465 e. The van der Waals surface area contributed by atoms with E-state index in [2.05, 4.69) is 22.3 Å². The lowest BCUT2D eigenvalue weighted by Gasteiger charge is -2.45. The standard InChI is InChI=1S/C23H35N3O4/c1-23(2,3)30-21(27)24-18-10-7-11-19(15-18)25-12-13-26(22(28)29)20(16-25)14-17-8-5-4-6-9-17/h4-6,8-9,18-20H,7,10-16H2,1-3H3,(H,24,27)(H,28,29)/t18-,19+,20?/m1/s1. The molecule has 7 nitrogen and oxygen atoms in total. The summed E-state index contributed by atoms with van der Waals surface area (Å²) in [6.45, 7) is 7.58. The molecule has 1 aliphatic heterocycles. The van der Waals surface area contributed by atoms with Crippen LogP contribution >= 0.6 is 0 Å². The van der Waals surface area contributed by atoms with Gasteiger partial charge >= 0.3 is 12.2 Å². The van der Waals surface area contributed by atoms with E-state index in [1.807, 2.05) is 39.0 Å². The zero-order valence-electron chi connectivity index (χ0n) is 18.3. The normalized spacial score (nSPS) is 25.6. The van der Waals surface area contributed by atoms with E-state index in [1.165, 1.54) is 0 Å². The number of benzene rings is 1. The number of carbonyl (C=O) groups excluding carboxylic acids is 1. The van der Waals surface area contributed by atoms with Gasteiger partial charge in [0.05, 0.1) is 6.04 Å². The molecule has 7 heteroatoms. The number of nitrogens with one attached hydrogen (secondary N) is 1. The lowest BCUT2D eigenvalue weighted by molar-refractivity contribution is 0.0290. The van der Waals surface area contributed by atoms with Crippen molar-refractivity contribution >= 4 is 12.2 Å². The van der Waals surface area contributed by atoms with Gasteiger partial charge in [0.2, 0.25) is 0 Å². The fourth-order valence-corrected chi connectivity index (χ4v) is 4.62. The molecule has 1 aromatic rings. The van der Waals surface area contributed by atoms with Crippen molar-refractivity contribution < 1.29 is 19.4 Å². The van der Waals surface area contributed by atoms with Gasteiger partial charge in [0.1, 0.15) is 5.60 Å². The molecule has 2 fully saturated rings. The predicted molar refractivity (Wildman–Crippen MR) is 116 cm³/mol. The van der Waals surface area contributed by atoms with Crippen LogP contribution in [0, 0.1) is 0 Å². The van der Waals surface area contributed by atoms with Gasteiger partial charge < -0.3 is 20.1 Å². The predicted octanol–water partition coefficient (Wildman–Crippen LogP) is 3.73. The Morgan fingerprint density at radius 1 is 1.17 bits per heavy atom. The highest BCUT2D eigenvalue weighted by atomic mass is 16.6. The molecule has 1 saturated carbocycles. The molecule has 0 bridgehead atoms. The van der Waals surface area contributed by atoms with E-state index >= 15 is 0 Å². The van der Waals surface area contributed by atoms with Crippen molar-refractivity contribution in [2.24, 2.45) is 0 Å². The highest BCUT2D eigenvalue weighted by Gasteiger charge is 2.35. The zero-order valence-corrected chi connectivity index (χ0v) is 18.3. The zero-order chi connectivity index (χ0) is 21.7. The van der Waals surface area contributed by atoms with Crippen LogP contribution in [0.3, 0.4) is 0 Å². The molecule has 1 aliphatic carbocycles. The molecule has 0 radical (unpaired) electrons. The second-order valence-electron chi connectivity index (χ2n) is 9.48. The third-order valence-electron chi connectivity index (χ3n) is 5.96. The molecule has 30 heavy (non-hydrogen) atoms. The van der Waals surface area contributed by atoms with Gasteiger partial charge in [-0.2, -0.15) is 0 Å². The van der Waals surface area contributed by atoms with Crippen LogP contribution in [-0.4, -0.2) is 70.5 Å². The van der Waals surface area contributed by atoms with E-state index in [9.17, 15) is 14.7 Å². The third-order valence-corrected chi connectivity index (χ3v) is 5.96. The number of hydrogen-bond acceptors (Lipinski definition) is 4. The van der Waals surface area contributed by atoms with Gasteiger partial charge in [-0.3, -0.25) is 4.90 Å². The van der Waals surface area contributed by atoms with Crippen molar-refractivity contribution in [1.82, 2.24) is 15.1 Å². The van der Waals surface area contributed by atoms with Crippen molar-refractivity contribution in [3.63, 3.8) is 0 Å². The lowest BCUT2D eigenvalue weighted by atomic mass is 9.89. The van der Waals surface area contributed by atoms with Crippen LogP contribution in [0.5, 0.6) is 0 Å². The summed E-state index contributed by atoms with van der Waals surface area (Å²) in [5, 5.41) is 12.7. The van der Waals surface area contributed by atoms with Crippen LogP contribution in [0.15, 0.2) is 30.3 Å². The van der Waals surface area contributed by atoms with Crippen molar-refractivity contribution in [3.05, 3.63) is 35.9 Å². The smallest absolute Gasteiger partial charge is 0.407 e. The first-order valence-electron chi connectivity index (χ1n) is 11.0. The minimum atomic E-state index is -0.844. The van der Waals surface area contributed by atoms with Gasteiger partial charge in [0.15, 0.2) is 0 Å². The van der Waals surface area contributed by atoms with E-state index in [-0.39, 0.29) is 18.2 Å². The van der Waals surface area contributed by atoms with Crippen LogP contribution < -0.4 is 5.32 Å². The van der Waals surface area contributed by atoms with Gasteiger partial charge in [-0.05, 0) is 58.4 Å². The van der Waals surface area contributed by atoms with Gasteiger partial charge in [0.25, 0.3) is 0 Å². The summed E-state index contributed by atoms with van der Waals surface area (Å²) in [6.07, 6.45) is 3.48. The van der Waals surface area contributed by atoms with Crippen LogP contribution in [0.25, 0.3) is 0 Å². The van der Waals surface area contributed by atoms with Gasteiger partial charge in [0, 0.05) is 31.7 Å². The highest BCUT2D eigenvalue weighted by Crippen LogP contribution is 2.27. The van der Waals surface area contributed by atoms with E-state index < -0.39 is 11.7 Å². The molecular weight excluding hydrogens is 382 g/mol. The first-order valence-corrected chi connectivity index (χ1v) is 11.0. The topological polar surface area (TPSA) is 82.1 Å². The fraction of sp³-hybridized carbons (Fsp3) is 0.652. The Morgan fingerprint density at radius 2 is 1.90 bits per heavy atom. The minimum absolute atomic E-state index is 0.0576. The molecule has 1 aromatic carbocycles. The molecule has 166 valence electrons. The molecule has 3 rings (SSSR count). The van der Waals surface area contributed by atoms with Crippen molar-refractivity contribution in [2.45, 2.75) is 76.6 Å². The Labute approximate surface area is 179 Å². The Morgan fingerprint density at radius 3 is 2.57 bits per heavy atom. The van der Waals surface area contributed by atoms with Crippen LogP contribution in [-0.2, 0) is 11.2 Å². The third kappa shape index (κ3) is 6.36. The number of rotatable bonds is 4. The maximum Gasteiger partial charge on any atom is 0.407 e. The summed E-state index contributed by atoms with van der Waals surface area (Å²) in [4.78, 5) is 27.9. The first kappa shape index (κ1) is 22.4. The van der Waals surface area contributed by atoms with Crippen LogP contribution in [0.2, 0.25) is 0 Å². The summed E-state index contributed by atoms with van der Waals surface area (Å²) in [6, 6.07) is 10.5. The second kappa shape index (κ2) is 9.69. The summed E-state index contributed by atoms with van der Waals surface area (Å²) < 4.78 is 5.41. The average Bonchev–Trinajstić information content (AvgIpc) is 2.67. The molecule has 0 aromatic heterocycles. The van der Waals surface area contributed by atoms with E-state index in [0.717, 1.165) is 50.8 Å². The molecule has 1 heterocycles. The van der Waals surface area contributed by atoms with Gasteiger partial charge in [-0.1, -0.05) is 30.3 Å². The number of amides is 2. The lowest BCUT2D eigenvalue weighted by Crippen LogP contribution is -2.59. The number of carbonyl (C=O) groups is 2. The minimum Gasteiger partial charge on any atom is -0.465 e. The maximum atomic E-state index is 12.2. The number of hydrogen-bond donors (Lipinski definition) is 2. The Hall–Kier alpha value is -2.28. The van der Waals surface area contributed by atoms with Crippen molar-refractivity contribution in [2.75, 3.05) is 19.6 Å². The SMILES string of the molecule is CC(C)(C)OC(=O)N[C@@H]1CCC[C@H](N2CCN(C(=O)O)C(Cc3ccccc3)C2)C1. The molecule has 3 atom stereocenters. The van der Waals surface area contributed by atoms with E-state index in [1.54, 1.807) is 4.90 Å². The molecule has 1 saturated heterocycles. The summed E-state index contributed by atoms with van der Waals surface area (Å²) in [5.74, 6) is 0. The summed E-state index contributed by atoms with van der Waals surface area (Å²) in [7, 11) is 0. The second-order valence-corrected chi connectivity index (χ2v) is 9.48. The fourth-order valence-electron chi connectivity index (χ4n) is 4.62. The molecular formula is C23H35N3O4. The van der Waals surface area contributed by atoms with Crippen LogP contribution in [0.4, 0.5) is 9.59 Å². The summed E-state index contributed by atoms with van der Waals surface area (Å²) >= 11 is 0. The number of nitrogens with zero attached hydrogens (tertiary/aromatic N) is 2. The highest BCUT2D eigenvalue weighted by molar-refractivity contribution is 5.68. The van der Waals surface area contributed by atoms with Crippen molar-refractivity contribution in [1.29, 1.82) is 0 Å². The molecule has 0 spiro atoms. The summed E-state index contributed by atoms with van der Waals surface area (Å²) in [5.41, 5.74) is 0.652. The average molecular weight is 418 g/mol.